The van der Waals surface area contributed by atoms with Gasteiger partial charge >= 0.3 is 0 Å². The van der Waals surface area contributed by atoms with Crippen LogP contribution in [0.3, 0.4) is 0 Å². The highest BCUT2D eigenvalue weighted by atomic mass is 35.5. The second kappa shape index (κ2) is 18.8. The molecule has 16 nitrogen and oxygen atoms in total. The largest absolute Gasteiger partial charge is 0.454 e. The average Bonchev–Trinajstić information content (AvgIpc) is 3.95. The van der Waals surface area contributed by atoms with Crippen LogP contribution in [0.5, 0.6) is 11.5 Å². The fourth-order valence-corrected chi connectivity index (χ4v) is 10.0. The molecule has 1 atom stereocenters. The first-order chi connectivity index (χ1) is 31.0. The van der Waals surface area contributed by atoms with Crippen LogP contribution in [-0.2, 0) is 14.8 Å². The van der Waals surface area contributed by atoms with Gasteiger partial charge in [0.05, 0.1) is 33.8 Å². The lowest BCUT2D eigenvalue weighted by Gasteiger charge is -2.39. The Hall–Kier alpha value is -6.01. The van der Waals surface area contributed by atoms with Crippen LogP contribution >= 0.6 is 11.6 Å². The SMILES string of the molecule is CN(C)CC(=O)N1CCC(Nc2ccc(S(=O)(=O)NC(=O)c3ccc(N4CCN(CC5=C(c6ccc(Cl)cc6)CC(C)(C)CC5)CC4)cc3Oc3cccc4[nH]cnc34)cc2[N+](=O)[O-])C1. The number of hydrogen-bond acceptors (Lipinski definition) is 12. The van der Waals surface area contributed by atoms with E-state index < -0.39 is 31.4 Å². The molecule has 342 valence electrons. The van der Waals surface area contributed by atoms with Gasteiger partial charge in [-0.05, 0) is 105 Å². The lowest BCUT2D eigenvalue weighted by atomic mass is 9.72. The standard InChI is InChI=1S/C47H54ClN9O7S/c1-47(2)18-16-32(38(26-47)31-8-10-33(48)11-9-31)27-54-20-22-55(23-21-54)35-12-14-37(43(24-35)64-42-7-5-6-40-45(42)50-30-49-40)46(59)52-65(62,63)36-13-15-39(41(25-36)57(60)61)51-34-17-19-56(28-34)44(58)29-53(3)4/h5-15,24-25,30,34,51H,16-23,26-29H2,1-4H3,(H,49,50)(H,52,59). The second-order valence-electron chi connectivity index (χ2n) is 18.1. The Labute approximate surface area is 383 Å². The summed E-state index contributed by atoms with van der Waals surface area (Å²) >= 11 is 6.25. The fourth-order valence-electron chi connectivity index (χ4n) is 8.90. The molecule has 65 heavy (non-hydrogen) atoms. The number of likely N-dealkylation sites (tertiary alicyclic amines) is 1. The van der Waals surface area contributed by atoms with Crippen LogP contribution < -0.4 is 19.7 Å². The van der Waals surface area contributed by atoms with Crippen molar-refractivity contribution in [1.82, 2.24) is 29.4 Å². The highest BCUT2D eigenvalue weighted by Crippen LogP contribution is 2.43. The molecule has 4 aromatic carbocycles. The number of likely N-dealkylation sites (N-methyl/N-ethyl adjacent to an activating group) is 1. The number of imidazole rings is 1. The molecule has 2 fully saturated rings. The molecular formula is C47H54ClN9O7S. The maximum Gasteiger partial charge on any atom is 0.293 e. The van der Waals surface area contributed by atoms with Gasteiger partial charge in [0.1, 0.15) is 17.0 Å². The van der Waals surface area contributed by atoms with Gasteiger partial charge in [-0.2, -0.15) is 0 Å². The Morgan fingerprint density at radius 1 is 1.00 bits per heavy atom. The van der Waals surface area contributed by atoms with Gasteiger partial charge in [-0.15, -0.1) is 0 Å². The molecule has 0 bridgehead atoms. The van der Waals surface area contributed by atoms with Crippen LogP contribution in [0.2, 0.25) is 5.02 Å². The molecule has 1 unspecified atom stereocenters. The van der Waals surface area contributed by atoms with E-state index >= 15 is 0 Å². The summed E-state index contributed by atoms with van der Waals surface area (Å²) in [5.41, 5.74) is 5.88. The van der Waals surface area contributed by atoms with Gasteiger partial charge < -0.3 is 29.7 Å². The average molecular weight is 925 g/mol. The number of nitro groups is 1. The number of fused-ring (bicyclic) bond motifs is 1. The molecule has 0 spiro atoms. The number of allylic oxidation sites excluding steroid dienone is 1. The van der Waals surface area contributed by atoms with Crippen LogP contribution in [0.4, 0.5) is 17.1 Å². The van der Waals surface area contributed by atoms with Gasteiger partial charge in [0.15, 0.2) is 5.75 Å². The number of carbonyl (C=O) groups excluding carboxylic acids is 2. The Morgan fingerprint density at radius 2 is 1.77 bits per heavy atom. The third-order valence-electron chi connectivity index (χ3n) is 12.4. The summed E-state index contributed by atoms with van der Waals surface area (Å²) in [7, 11) is -1.02. The number of nitro benzene ring substituents is 1. The lowest BCUT2D eigenvalue weighted by Crippen LogP contribution is -2.47. The van der Waals surface area contributed by atoms with Crippen molar-refractivity contribution in [2.45, 2.75) is 50.5 Å². The van der Waals surface area contributed by atoms with Crippen molar-refractivity contribution in [2.24, 2.45) is 5.41 Å². The number of amides is 2. The first-order valence-electron chi connectivity index (χ1n) is 21.7. The Morgan fingerprint density at radius 3 is 2.51 bits per heavy atom. The van der Waals surface area contributed by atoms with Crippen LogP contribution in [0.25, 0.3) is 16.6 Å². The smallest absolute Gasteiger partial charge is 0.293 e. The van der Waals surface area contributed by atoms with Gasteiger partial charge in [-0.25, -0.2) is 18.1 Å². The Kier molecular flexibility index (Phi) is 13.2. The molecule has 2 amide bonds. The zero-order valence-electron chi connectivity index (χ0n) is 37.0. The predicted octanol–water partition coefficient (Wildman–Crippen LogP) is 7.40. The number of nitrogens with zero attached hydrogens (tertiary/aromatic N) is 6. The summed E-state index contributed by atoms with van der Waals surface area (Å²) in [5, 5.41) is 16.1. The maximum atomic E-state index is 14.0. The number of rotatable bonds is 14. The molecule has 3 aliphatic rings. The number of ether oxygens (including phenoxy) is 1. The molecule has 18 heteroatoms. The van der Waals surface area contributed by atoms with Gasteiger partial charge in [0, 0.05) is 74.7 Å². The highest BCUT2D eigenvalue weighted by molar-refractivity contribution is 7.90. The lowest BCUT2D eigenvalue weighted by molar-refractivity contribution is -0.384. The maximum absolute atomic E-state index is 14.0. The molecule has 3 heterocycles. The first-order valence-corrected chi connectivity index (χ1v) is 23.6. The summed E-state index contributed by atoms with van der Waals surface area (Å²) in [4.78, 5) is 53.3. The molecule has 1 aliphatic carbocycles. The molecule has 5 aromatic rings. The topological polar surface area (TPSA) is 186 Å². The number of benzene rings is 4. The summed E-state index contributed by atoms with van der Waals surface area (Å²) in [5.74, 6) is -0.572. The second-order valence-corrected chi connectivity index (χ2v) is 20.2. The third kappa shape index (κ3) is 10.6. The number of hydrogen-bond donors (Lipinski definition) is 3. The number of sulfonamides is 1. The quantitative estimate of drug-likeness (QED) is 0.0742. The third-order valence-corrected chi connectivity index (χ3v) is 14.0. The normalized spacial score (nSPS) is 18.0. The number of nitrogens with one attached hydrogen (secondary N) is 3. The van der Waals surface area contributed by atoms with Crippen molar-refractivity contribution in [3.8, 4) is 11.5 Å². The van der Waals surface area contributed by atoms with Gasteiger partial charge in [-0.3, -0.25) is 24.6 Å². The van der Waals surface area contributed by atoms with Crippen molar-refractivity contribution >= 4 is 67.1 Å². The summed E-state index contributed by atoms with van der Waals surface area (Å²) < 4.78 is 36.1. The molecule has 8 rings (SSSR count). The molecule has 1 aromatic heterocycles. The van der Waals surface area contributed by atoms with Crippen molar-refractivity contribution < 1.29 is 27.7 Å². The molecule has 2 aliphatic heterocycles. The van der Waals surface area contributed by atoms with E-state index in [-0.39, 0.29) is 40.9 Å². The number of aromatic amines is 1. The summed E-state index contributed by atoms with van der Waals surface area (Å²) in [6, 6.07) is 21.7. The molecule has 2 saturated heterocycles. The molecule has 0 radical (unpaired) electrons. The van der Waals surface area contributed by atoms with E-state index in [4.69, 9.17) is 16.3 Å². The van der Waals surface area contributed by atoms with E-state index in [1.54, 1.807) is 48.2 Å². The first kappa shape index (κ1) is 45.6. The minimum atomic E-state index is -4.62. The van der Waals surface area contributed by atoms with Crippen LogP contribution in [0, 0.1) is 15.5 Å². The molecule has 0 saturated carbocycles. The van der Waals surface area contributed by atoms with Crippen molar-refractivity contribution in [3.05, 3.63) is 117 Å². The van der Waals surface area contributed by atoms with E-state index in [9.17, 15) is 28.1 Å². The van der Waals surface area contributed by atoms with Crippen molar-refractivity contribution in [2.75, 3.05) is 76.7 Å². The Bertz CT molecular complexity index is 2750. The van der Waals surface area contributed by atoms with Gasteiger partial charge in [-0.1, -0.05) is 49.2 Å². The van der Waals surface area contributed by atoms with E-state index in [0.717, 1.165) is 55.7 Å². The molecule has 3 N–H and O–H groups in total. The van der Waals surface area contributed by atoms with Crippen LogP contribution in [0.15, 0.2) is 95.7 Å². The van der Waals surface area contributed by atoms with Crippen molar-refractivity contribution in [1.29, 1.82) is 0 Å². The fraction of sp³-hybridized carbons (Fsp3) is 0.383. The highest BCUT2D eigenvalue weighted by Gasteiger charge is 2.32. The van der Waals surface area contributed by atoms with Crippen molar-refractivity contribution in [3.63, 3.8) is 0 Å². The van der Waals surface area contributed by atoms with E-state index in [1.165, 1.54) is 41.2 Å². The minimum Gasteiger partial charge on any atom is -0.454 e. The number of piperazine rings is 1. The number of aromatic nitrogens is 2. The summed E-state index contributed by atoms with van der Waals surface area (Å²) in [6.07, 6.45) is 5.26. The minimum absolute atomic E-state index is 0.0528. The zero-order valence-corrected chi connectivity index (χ0v) is 38.5. The monoisotopic (exact) mass is 923 g/mol. The predicted molar refractivity (Wildman–Crippen MR) is 252 cm³/mol. The van der Waals surface area contributed by atoms with E-state index in [1.807, 2.05) is 18.2 Å². The molecular weight excluding hydrogens is 870 g/mol. The summed E-state index contributed by atoms with van der Waals surface area (Å²) in [6.45, 7) is 9.63. The van der Waals surface area contributed by atoms with Crippen LogP contribution in [0.1, 0.15) is 55.5 Å². The number of carbonyl (C=O) groups is 2. The number of H-pyrrole nitrogens is 1. The van der Waals surface area contributed by atoms with E-state index in [0.29, 0.717) is 49.4 Å². The van der Waals surface area contributed by atoms with Gasteiger partial charge in [0.2, 0.25) is 5.91 Å². The Balaban J connectivity index is 0.999. The van der Waals surface area contributed by atoms with Crippen LogP contribution in [-0.4, -0.2) is 122 Å². The number of halogens is 1. The number of anilines is 2. The van der Waals surface area contributed by atoms with E-state index in [2.05, 4.69) is 55.8 Å². The zero-order chi connectivity index (χ0) is 46.0. The van der Waals surface area contributed by atoms with Gasteiger partial charge in [0.25, 0.3) is 21.6 Å². The number of para-hydroxylation sites is 1.